The lowest BCUT2D eigenvalue weighted by Crippen LogP contribution is -2.24. The average Bonchev–Trinajstić information content (AvgIpc) is 2.27. The van der Waals surface area contributed by atoms with E-state index in [9.17, 15) is 9.90 Å². The Bertz CT molecular complexity index is 467. The second kappa shape index (κ2) is 7.40. The van der Waals surface area contributed by atoms with Crippen molar-refractivity contribution in [2.75, 3.05) is 18.5 Å². The van der Waals surface area contributed by atoms with E-state index in [1.165, 1.54) is 0 Å². The van der Waals surface area contributed by atoms with Gasteiger partial charge in [0, 0.05) is 13.7 Å². The predicted octanol–water partition coefficient (Wildman–Crippen LogP) is 1.96. The van der Waals surface area contributed by atoms with Gasteiger partial charge in [-0.3, -0.25) is 0 Å². The Morgan fingerprint density at radius 1 is 1.33 bits per heavy atom. The highest BCUT2D eigenvalue weighted by Crippen LogP contribution is 2.31. The topological polar surface area (TPSA) is 89.8 Å². The minimum Gasteiger partial charge on any atom is -0.478 e. The smallest absolute Gasteiger partial charge is 0.337 e. The van der Waals surface area contributed by atoms with Crippen molar-refractivity contribution in [1.29, 1.82) is 0 Å². The van der Waals surface area contributed by atoms with E-state index in [4.69, 9.17) is 10.2 Å². The number of halogens is 3. The number of hydrogen-bond donors (Lipinski definition) is 4. The maximum Gasteiger partial charge on any atom is 0.337 e. The second-order valence-electron chi connectivity index (χ2n) is 3.43. The van der Waals surface area contributed by atoms with Crippen LogP contribution >= 0.6 is 67.8 Å². The van der Waals surface area contributed by atoms with Crippen molar-refractivity contribution in [3.63, 3.8) is 0 Å². The van der Waals surface area contributed by atoms with Gasteiger partial charge in [-0.1, -0.05) is 0 Å². The van der Waals surface area contributed by atoms with E-state index in [0.717, 1.165) is 3.57 Å². The minimum absolute atomic E-state index is 0.169. The number of nitrogens with one attached hydrogen (secondary N) is 1. The van der Waals surface area contributed by atoms with Crippen LogP contribution in [0.5, 0.6) is 0 Å². The summed E-state index contributed by atoms with van der Waals surface area (Å²) >= 11 is 6.06. The molecule has 0 amide bonds. The lowest BCUT2D eigenvalue weighted by Gasteiger charge is -2.16. The number of carboxylic acids is 1. The van der Waals surface area contributed by atoms with Gasteiger partial charge in [-0.15, -0.1) is 0 Å². The average molecular weight is 589 g/mol. The highest BCUT2D eigenvalue weighted by Gasteiger charge is 2.19. The van der Waals surface area contributed by atoms with Crippen LogP contribution in [0.4, 0.5) is 5.69 Å². The van der Waals surface area contributed by atoms with Crippen LogP contribution in [0.2, 0.25) is 0 Å². The Kier molecular flexibility index (Phi) is 6.85. The molecule has 1 rings (SSSR count). The molecule has 0 saturated heterocycles. The third-order valence-electron chi connectivity index (χ3n) is 2.11. The first-order valence-electron chi connectivity index (χ1n) is 4.82. The third kappa shape index (κ3) is 4.05. The summed E-state index contributed by atoms with van der Waals surface area (Å²) in [5.41, 5.74) is 0.916. The molecule has 1 aromatic rings. The number of carbonyl (C=O) groups is 1. The normalized spacial score (nSPS) is 12.3. The summed E-state index contributed by atoms with van der Waals surface area (Å²) in [5.74, 6) is -0.981. The van der Waals surface area contributed by atoms with E-state index in [0.29, 0.717) is 12.8 Å². The van der Waals surface area contributed by atoms with Crippen LogP contribution in [-0.4, -0.2) is 40.5 Å². The predicted molar refractivity (Wildman–Crippen MR) is 93.1 cm³/mol. The highest BCUT2D eigenvalue weighted by atomic mass is 127. The summed E-state index contributed by atoms with van der Waals surface area (Å²) < 4.78 is 2.14. The first-order chi connectivity index (χ1) is 8.38. The molecule has 18 heavy (non-hydrogen) atoms. The molecule has 0 aromatic heterocycles. The molecule has 8 heteroatoms. The molecule has 100 valence electrons. The van der Waals surface area contributed by atoms with Crippen molar-refractivity contribution in [3.05, 3.63) is 22.3 Å². The summed E-state index contributed by atoms with van der Waals surface area (Å²) in [4.78, 5) is 11.2. The van der Waals surface area contributed by atoms with Gasteiger partial charge in [-0.2, -0.15) is 0 Å². The molecule has 0 aliphatic rings. The fourth-order valence-electron chi connectivity index (χ4n) is 1.23. The quantitative estimate of drug-likeness (QED) is 0.395. The standard InChI is InChI=1S/C10H10I3NO4/c11-5-1-6(12)9(14-2-4(16)3-15)8(13)7(5)10(17)18/h1,4,14-16H,2-3H2,(H,17,18). The van der Waals surface area contributed by atoms with Gasteiger partial charge in [-0.05, 0) is 73.8 Å². The molecular weight excluding hydrogens is 579 g/mol. The number of aliphatic hydroxyl groups excluding tert-OH is 2. The van der Waals surface area contributed by atoms with Gasteiger partial charge in [0.05, 0.1) is 27.5 Å². The fourth-order valence-corrected chi connectivity index (χ4v) is 5.45. The van der Waals surface area contributed by atoms with Gasteiger partial charge in [-0.25, -0.2) is 4.79 Å². The summed E-state index contributed by atoms with van der Waals surface area (Å²) in [7, 11) is 0. The van der Waals surface area contributed by atoms with Gasteiger partial charge < -0.3 is 20.6 Å². The van der Waals surface area contributed by atoms with Gasteiger partial charge >= 0.3 is 5.97 Å². The molecule has 0 aliphatic carbocycles. The second-order valence-corrected chi connectivity index (χ2v) is 6.83. The molecule has 0 aliphatic heterocycles. The van der Waals surface area contributed by atoms with Crippen molar-refractivity contribution in [2.45, 2.75) is 6.10 Å². The van der Waals surface area contributed by atoms with Gasteiger partial charge in [0.2, 0.25) is 0 Å². The van der Waals surface area contributed by atoms with Crippen molar-refractivity contribution in [3.8, 4) is 0 Å². The zero-order chi connectivity index (χ0) is 13.9. The van der Waals surface area contributed by atoms with Crippen LogP contribution in [0, 0.1) is 10.7 Å². The van der Waals surface area contributed by atoms with Crippen molar-refractivity contribution < 1.29 is 20.1 Å². The molecule has 4 N–H and O–H groups in total. The summed E-state index contributed by atoms with van der Waals surface area (Å²) in [5, 5.41) is 30.2. The Balaban J connectivity index is 3.11. The number of aliphatic hydroxyl groups is 2. The molecule has 0 spiro atoms. The van der Waals surface area contributed by atoms with Gasteiger partial charge in [0.15, 0.2) is 0 Å². The summed E-state index contributed by atoms with van der Waals surface area (Å²) in [6.45, 7) is -0.168. The molecular formula is C10H10I3NO4. The first kappa shape index (κ1) is 16.7. The Hall–Kier alpha value is 0.600. The monoisotopic (exact) mass is 589 g/mol. The zero-order valence-corrected chi connectivity index (χ0v) is 15.4. The number of benzene rings is 1. The van der Waals surface area contributed by atoms with Crippen molar-refractivity contribution >= 4 is 79.4 Å². The Morgan fingerprint density at radius 2 is 1.94 bits per heavy atom. The van der Waals surface area contributed by atoms with Crippen LogP contribution in [0.1, 0.15) is 10.4 Å². The number of hydrogen-bond acceptors (Lipinski definition) is 4. The van der Waals surface area contributed by atoms with Crippen LogP contribution in [0.25, 0.3) is 0 Å². The summed E-state index contributed by atoms with van der Waals surface area (Å²) in [6.07, 6.45) is -0.871. The van der Waals surface area contributed by atoms with Crippen LogP contribution in [0.15, 0.2) is 6.07 Å². The molecule has 1 aromatic carbocycles. The van der Waals surface area contributed by atoms with E-state index in [1.54, 1.807) is 6.07 Å². The van der Waals surface area contributed by atoms with Crippen molar-refractivity contribution in [1.82, 2.24) is 0 Å². The molecule has 5 nitrogen and oxygen atoms in total. The molecule has 0 saturated carbocycles. The van der Waals surface area contributed by atoms with E-state index in [1.807, 2.05) is 45.2 Å². The molecule has 0 bridgehead atoms. The lowest BCUT2D eigenvalue weighted by molar-refractivity contribution is 0.0694. The molecule has 0 fully saturated rings. The molecule has 1 atom stereocenters. The number of carboxylic acid groups (broad SMARTS) is 1. The largest absolute Gasteiger partial charge is 0.478 e. The summed E-state index contributed by atoms with van der Waals surface area (Å²) in [6, 6.07) is 1.76. The van der Waals surface area contributed by atoms with Crippen LogP contribution in [-0.2, 0) is 0 Å². The van der Waals surface area contributed by atoms with Crippen LogP contribution in [0.3, 0.4) is 0 Å². The molecule has 1 unspecified atom stereocenters. The first-order valence-corrected chi connectivity index (χ1v) is 8.05. The number of rotatable bonds is 5. The van der Waals surface area contributed by atoms with Crippen molar-refractivity contribution in [2.24, 2.45) is 0 Å². The van der Waals surface area contributed by atoms with E-state index in [2.05, 4.69) is 27.9 Å². The maximum absolute atomic E-state index is 11.2. The molecule has 0 heterocycles. The minimum atomic E-state index is -0.981. The SMILES string of the molecule is O=C(O)c1c(I)cc(I)c(NCC(O)CO)c1I. The Labute approximate surface area is 145 Å². The van der Waals surface area contributed by atoms with E-state index in [-0.39, 0.29) is 18.7 Å². The zero-order valence-electron chi connectivity index (χ0n) is 8.95. The maximum atomic E-state index is 11.2. The Morgan fingerprint density at radius 3 is 2.44 bits per heavy atom. The highest BCUT2D eigenvalue weighted by molar-refractivity contribution is 14.1. The van der Waals surface area contributed by atoms with Gasteiger partial charge in [0.1, 0.15) is 0 Å². The van der Waals surface area contributed by atoms with Crippen LogP contribution < -0.4 is 5.32 Å². The fraction of sp³-hybridized carbons (Fsp3) is 0.300. The number of anilines is 1. The van der Waals surface area contributed by atoms with E-state index < -0.39 is 12.1 Å². The number of aromatic carboxylic acids is 1. The third-order valence-corrected chi connectivity index (χ3v) is 4.89. The van der Waals surface area contributed by atoms with Gasteiger partial charge in [0.25, 0.3) is 0 Å². The lowest BCUT2D eigenvalue weighted by atomic mass is 10.2. The van der Waals surface area contributed by atoms with E-state index >= 15 is 0 Å². The molecule has 0 radical (unpaired) electrons.